The van der Waals surface area contributed by atoms with E-state index in [2.05, 4.69) is 52.7 Å². The van der Waals surface area contributed by atoms with Gasteiger partial charge in [0.15, 0.2) is 0 Å². The molecule has 0 fully saturated rings. The van der Waals surface area contributed by atoms with E-state index in [-0.39, 0.29) is 45.8 Å². The number of quaternary nitrogens is 2. The van der Waals surface area contributed by atoms with Gasteiger partial charge in [0.1, 0.15) is 0 Å². The van der Waals surface area contributed by atoms with Crippen LogP contribution in [0.4, 0.5) is 0 Å². The van der Waals surface area contributed by atoms with Crippen molar-refractivity contribution >= 4 is 11.8 Å². The molecule has 0 unspecified atom stereocenters. The lowest BCUT2D eigenvalue weighted by atomic mass is 10.1. The highest BCUT2D eigenvalue weighted by atomic mass is 79.9. The molecular weight excluding hydrogens is 776 g/mol. The quantitative estimate of drug-likeness (QED) is 0.0667. The van der Waals surface area contributed by atoms with E-state index in [1.807, 2.05) is 0 Å². The fraction of sp³-hybridized carbons (Fsp3) is 0.955. The Kier molecular flexibility index (Phi) is 43.7. The highest BCUT2D eigenvalue weighted by Gasteiger charge is 2.16. The summed E-state index contributed by atoms with van der Waals surface area (Å²) in [5, 5.41) is 6.33. The van der Waals surface area contributed by atoms with Gasteiger partial charge >= 0.3 is 0 Å². The third kappa shape index (κ3) is 42.6. The zero-order chi connectivity index (χ0) is 37.0. The standard InChI is InChI=1S/C44H90N4O2.2BrH/c1-7-9-11-13-15-17-19-21-23-25-29-35-43(49)45-37-33-41-47(3,4)39-31-27-28-32-40-48(5,6)42-34-38-46-44(50)36-30-26-24-22-20-18-16-14-12-10-8-2;;/h7-42H2,1-6H3;2*1H. The van der Waals surface area contributed by atoms with E-state index in [0.717, 1.165) is 60.8 Å². The molecular formula is C44H92Br2N4O2. The maximum atomic E-state index is 12.2. The topological polar surface area (TPSA) is 58.2 Å². The molecule has 2 amide bonds. The van der Waals surface area contributed by atoms with Crippen LogP contribution in [0, 0.1) is 0 Å². The van der Waals surface area contributed by atoms with Gasteiger partial charge in [-0.15, -0.1) is 0 Å². The predicted molar refractivity (Wildman–Crippen MR) is 220 cm³/mol. The minimum absolute atomic E-state index is 0. The number of rotatable bonds is 39. The van der Waals surface area contributed by atoms with Gasteiger partial charge in [0.2, 0.25) is 11.8 Å². The van der Waals surface area contributed by atoms with Crippen LogP contribution in [0.1, 0.15) is 206 Å². The summed E-state index contributed by atoms with van der Waals surface area (Å²) in [7, 11) is 9.35. The van der Waals surface area contributed by atoms with Crippen LogP contribution in [0.5, 0.6) is 0 Å². The normalized spacial score (nSPS) is 11.6. The third-order valence-corrected chi connectivity index (χ3v) is 10.8. The molecule has 0 heterocycles. The largest absolute Gasteiger partial charge is 1.00 e. The number of carbonyl (C=O) groups is 2. The molecule has 0 aliphatic carbocycles. The monoisotopic (exact) mass is 867 g/mol. The second-order valence-corrected chi connectivity index (χ2v) is 17.2. The number of hydrogen-bond acceptors (Lipinski definition) is 2. The molecule has 0 bridgehead atoms. The molecule has 0 aliphatic rings. The molecule has 0 saturated heterocycles. The maximum Gasteiger partial charge on any atom is 0.219 e. The number of unbranched alkanes of at least 4 members (excludes halogenated alkanes) is 23. The van der Waals surface area contributed by atoms with Crippen molar-refractivity contribution in [3.05, 3.63) is 0 Å². The Balaban J connectivity index is -0.0000120. The van der Waals surface area contributed by atoms with E-state index in [1.54, 1.807) is 0 Å². The number of nitrogens with one attached hydrogen (secondary N) is 2. The lowest BCUT2D eigenvalue weighted by Crippen LogP contribution is -3.00. The van der Waals surface area contributed by atoms with Gasteiger partial charge in [0.25, 0.3) is 0 Å². The molecule has 0 aromatic heterocycles. The van der Waals surface area contributed by atoms with Crippen LogP contribution >= 0.6 is 0 Å². The van der Waals surface area contributed by atoms with Crippen molar-refractivity contribution in [3.8, 4) is 0 Å². The Labute approximate surface area is 347 Å². The summed E-state index contributed by atoms with van der Waals surface area (Å²) in [5.74, 6) is 0.485. The van der Waals surface area contributed by atoms with Crippen LogP contribution in [-0.2, 0) is 9.59 Å². The van der Waals surface area contributed by atoms with Crippen molar-refractivity contribution < 1.29 is 52.5 Å². The van der Waals surface area contributed by atoms with Crippen molar-refractivity contribution in [2.45, 2.75) is 206 Å². The Bertz CT molecular complexity index is 705. The smallest absolute Gasteiger partial charge is 0.219 e. The number of nitrogens with zero attached hydrogens (tertiary/aromatic N) is 2. The van der Waals surface area contributed by atoms with Crippen LogP contribution in [-0.4, -0.2) is 88.2 Å². The summed E-state index contributed by atoms with van der Waals surface area (Å²) in [6.07, 6.45) is 37.8. The molecule has 52 heavy (non-hydrogen) atoms. The summed E-state index contributed by atoms with van der Waals surface area (Å²) in [6.45, 7) is 10.9. The van der Waals surface area contributed by atoms with Crippen molar-refractivity contribution in [1.29, 1.82) is 0 Å². The number of carbonyl (C=O) groups excluding carboxylic acids is 2. The number of amides is 2. The van der Waals surface area contributed by atoms with Crippen LogP contribution in [0.3, 0.4) is 0 Å². The molecule has 0 spiro atoms. The molecule has 0 rings (SSSR count). The van der Waals surface area contributed by atoms with Crippen LogP contribution < -0.4 is 44.6 Å². The fourth-order valence-corrected chi connectivity index (χ4v) is 7.20. The van der Waals surface area contributed by atoms with Gasteiger partial charge in [-0.25, -0.2) is 0 Å². The Morgan fingerprint density at radius 2 is 0.577 bits per heavy atom. The summed E-state index contributed by atoms with van der Waals surface area (Å²) < 4.78 is 2.09. The molecule has 314 valence electrons. The lowest BCUT2D eigenvalue weighted by molar-refractivity contribution is -0.891. The predicted octanol–water partition coefficient (Wildman–Crippen LogP) is 5.12. The zero-order valence-corrected chi connectivity index (χ0v) is 39.1. The van der Waals surface area contributed by atoms with Gasteiger partial charge in [-0.2, -0.15) is 0 Å². The number of hydrogen-bond donors (Lipinski definition) is 2. The highest BCUT2D eigenvalue weighted by Crippen LogP contribution is 2.14. The van der Waals surface area contributed by atoms with Crippen molar-refractivity contribution in [2.24, 2.45) is 0 Å². The Morgan fingerprint density at radius 1 is 0.346 bits per heavy atom. The van der Waals surface area contributed by atoms with Crippen LogP contribution in [0.25, 0.3) is 0 Å². The molecule has 0 atom stereocenters. The van der Waals surface area contributed by atoms with Gasteiger partial charge in [0.05, 0.1) is 54.4 Å². The van der Waals surface area contributed by atoms with E-state index in [0.29, 0.717) is 12.8 Å². The second kappa shape index (κ2) is 40.5. The minimum atomic E-state index is 0. The first-order valence-corrected chi connectivity index (χ1v) is 22.3. The van der Waals surface area contributed by atoms with Crippen molar-refractivity contribution in [3.63, 3.8) is 0 Å². The summed E-state index contributed by atoms with van der Waals surface area (Å²) in [5.41, 5.74) is 0. The van der Waals surface area contributed by atoms with Crippen LogP contribution in [0.15, 0.2) is 0 Å². The van der Waals surface area contributed by atoms with Crippen molar-refractivity contribution in [1.82, 2.24) is 10.6 Å². The molecule has 0 aliphatic heterocycles. The van der Waals surface area contributed by atoms with Gasteiger partial charge in [-0.1, -0.05) is 142 Å². The highest BCUT2D eigenvalue weighted by molar-refractivity contribution is 5.76. The average molecular weight is 869 g/mol. The molecule has 2 N–H and O–H groups in total. The SMILES string of the molecule is CCCCCCCCCCCCCC(=O)NCCC[N+](C)(C)CCCCCC[N+](C)(C)CCCNC(=O)CCCCCCCCCCCCC.[Br-].[Br-]. The zero-order valence-electron chi connectivity index (χ0n) is 35.9. The average Bonchev–Trinajstić information content (AvgIpc) is 3.08. The fourth-order valence-electron chi connectivity index (χ4n) is 7.20. The first-order valence-electron chi connectivity index (χ1n) is 22.3. The summed E-state index contributed by atoms with van der Waals surface area (Å²) in [6, 6.07) is 0. The first-order chi connectivity index (χ1) is 24.1. The Morgan fingerprint density at radius 3 is 0.865 bits per heavy atom. The second-order valence-electron chi connectivity index (χ2n) is 17.2. The number of halogens is 2. The summed E-state index contributed by atoms with van der Waals surface area (Å²) >= 11 is 0. The van der Waals surface area contributed by atoms with Crippen molar-refractivity contribution in [2.75, 3.05) is 67.5 Å². The molecule has 0 aromatic rings. The van der Waals surface area contributed by atoms with Gasteiger partial charge in [-0.05, 0) is 38.5 Å². The molecule has 0 aromatic carbocycles. The maximum absolute atomic E-state index is 12.2. The van der Waals surface area contributed by atoms with Gasteiger partial charge < -0.3 is 53.6 Å². The van der Waals surface area contributed by atoms with Gasteiger partial charge in [-0.3, -0.25) is 9.59 Å². The van der Waals surface area contributed by atoms with E-state index < -0.39 is 0 Å². The molecule has 8 heteroatoms. The minimum Gasteiger partial charge on any atom is -1.00 e. The molecule has 0 saturated carbocycles. The van der Waals surface area contributed by atoms with Crippen LogP contribution in [0.2, 0.25) is 0 Å². The van der Waals surface area contributed by atoms with E-state index >= 15 is 0 Å². The molecule has 0 radical (unpaired) electrons. The van der Waals surface area contributed by atoms with E-state index in [4.69, 9.17) is 0 Å². The Hall–Kier alpha value is -0.180. The lowest BCUT2D eigenvalue weighted by Gasteiger charge is -2.31. The van der Waals surface area contributed by atoms with E-state index in [9.17, 15) is 9.59 Å². The van der Waals surface area contributed by atoms with Gasteiger partial charge in [0, 0.05) is 38.8 Å². The molecule has 6 nitrogen and oxygen atoms in total. The third-order valence-electron chi connectivity index (χ3n) is 10.8. The first kappa shape index (κ1) is 56.2. The summed E-state index contributed by atoms with van der Waals surface area (Å²) in [4.78, 5) is 24.5. The van der Waals surface area contributed by atoms with E-state index in [1.165, 1.54) is 167 Å².